The molecule has 0 saturated heterocycles. The van der Waals surface area contributed by atoms with Gasteiger partial charge in [-0.3, -0.25) is 9.78 Å². The predicted molar refractivity (Wildman–Crippen MR) is 122 cm³/mol. The Labute approximate surface area is 186 Å². The van der Waals surface area contributed by atoms with Crippen molar-refractivity contribution >= 4 is 26.8 Å². The van der Waals surface area contributed by atoms with Gasteiger partial charge in [-0.1, -0.05) is 24.3 Å². The fourth-order valence-electron chi connectivity index (χ4n) is 3.74. The summed E-state index contributed by atoms with van der Waals surface area (Å²) in [5.74, 6) is -0.551. The Kier molecular flexibility index (Phi) is 5.34. The molecule has 0 N–H and O–H groups in total. The molecule has 32 heavy (non-hydrogen) atoms. The van der Waals surface area contributed by atoms with Gasteiger partial charge in [0, 0.05) is 23.7 Å². The number of aromatic nitrogens is 3. The number of hydrogen-bond acceptors (Lipinski definition) is 6. The van der Waals surface area contributed by atoms with Crippen LogP contribution in [-0.2, 0) is 17.2 Å². The van der Waals surface area contributed by atoms with Crippen LogP contribution < -0.4 is 4.18 Å². The van der Waals surface area contributed by atoms with E-state index in [9.17, 15) is 13.2 Å². The summed E-state index contributed by atoms with van der Waals surface area (Å²) in [6.45, 7) is 7.90. The summed E-state index contributed by atoms with van der Waals surface area (Å²) in [5, 5.41) is 4.99. The highest BCUT2D eigenvalue weighted by Crippen LogP contribution is 2.31. The Morgan fingerprint density at radius 1 is 0.938 bits per heavy atom. The first-order chi connectivity index (χ1) is 15.1. The Bertz CT molecular complexity index is 1470. The van der Waals surface area contributed by atoms with Crippen molar-refractivity contribution in [1.82, 2.24) is 14.8 Å². The molecule has 7 nitrogen and oxygen atoms in total. The second-order valence-corrected chi connectivity index (χ2v) is 9.31. The Morgan fingerprint density at radius 3 is 2.31 bits per heavy atom. The number of benzene rings is 2. The van der Waals surface area contributed by atoms with E-state index in [1.165, 1.54) is 30.1 Å². The third-order valence-electron chi connectivity index (χ3n) is 5.74. The van der Waals surface area contributed by atoms with Crippen molar-refractivity contribution < 1.29 is 17.4 Å². The van der Waals surface area contributed by atoms with Crippen LogP contribution in [0.5, 0.6) is 5.88 Å². The predicted octanol–water partition coefficient (Wildman–Crippen LogP) is 4.20. The molecule has 0 radical (unpaired) electrons. The molecule has 0 fully saturated rings. The first-order valence-corrected chi connectivity index (χ1v) is 11.5. The van der Waals surface area contributed by atoms with Gasteiger partial charge in [-0.05, 0) is 62.6 Å². The van der Waals surface area contributed by atoms with Gasteiger partial charge in [0.15, 0.2) is 0 Å². The first kappa shape index (κ1) is 21.7. The van der Waals surface area contributed by atoms with Gasteiger partial charge in [-0.15, -0.1) is 0 Å². The molecule has 2 heterocycles. The van der Waals surface area contributed by atoms with Gasteiger partial charge in [0.05, 0.1) is 11.7 Å². The molecule has 0 unspecified atom stereocenters. The average molecular weight is 450 g/mol. The molecule has 0 aliphatic rings. The monoisotopic (exact) mass is 449 g/mol. The number of aryl methyl sites for hydroxylation is 4. The van der Waals surface area contributed by atoms with Gasteiger partial charge < -0.3 is 4.18 Å². The smallest absolute Gasteiger partial charge is 0.340 e. The van der Waals surface area contributed by atoms with E-state index in [0.29, 0.717) is 11.1 Å². The minimum Gasteiger partial charge on any atom is -0.358 e. The molecule has 0 amide bonds. The van der Waals surface area contributed by atoms with Gasteiger partial charge in [0.1, 0.15) is 10.5 Å². The van der Waals surface area contributed by atoms with E-state index in [4.69, 9.17) is 9.17 Å². The van der Waals surface area contributed by atoms with Crippen LogP contribution in [-0.4, -0.2) is 29.0 Å². The lowest BCUT2D eigenvalue weighted by molar-refractivity contribution is 0.103. The summed E-state index contributed by atoms with van der Waals surface area (Å²) >= 11 is 0. The first-order valence-electron chi connectivity index (χ1n) is 10.0. The van der Waals surface area contributed by atoms with Crippen molar-refractivity contribution in [3.8, 4) is 5.88 Å². The molecule has 164 valence electrons. The van der Waals surface area contributed by atoms with E-state index in [1.807, 2.05) is 33.8 Å². The molecule has 2 aromatic heterocycles. The van der Waals surface area contributed by atoms with Crippen LogP contribution in [0.15, 0.2) is 53.6 Å². The van der Waals surface area contributed by atoms with Crippen LogP contribution in [0.4, 0.5) is 0 Å². The fourth-order valence-corrected chi connectivity index (χ4v) is 4.73. The molecule has 0 spiro atoms. The van der Waals surface area contributed by atoms with E-state index in [0.717, 1.165) is 27.8 Å². The van der Waals surface area contributed by atoms with Crippen molar-refractivity contribution in [2.45, 2.75) is 32.6 Å². The highest BCUT2D eigenvalue weighted by atomic mass is 32.2. The maximum Gasteiger partial charge on any atom is 0.340 e. The second kappa shape index (κ2) is 7.87. The number of hydrogen-bond donors (Lipinski definition) is 0. The summed E-state index contributed by atoms with van der Waals surface area (Å²) in [4.78, 5) is 18.3. The quantitative estimate of drug-likeness (QED) is 0.335. The Morgan fingerprint density at radius 2 is 1.62 bits per heavy atom. The lowest BCUT2D eigenvalue weighted by Gasteiger charge is -2.14. The van der Waals surface area contributed by atoms with Crippen LogP contribution in [0.2, 0.25) is 0 Å². The number of fused-ring (bicyclic) bond motifs is 1. The van der Waals surface area contributed by atoms with E-state index in [2.05, 4.69) is 5.10 Å². The highest BCUT2D eigenvalue weighted by Gasteiger charge is 2.27. The molecule has 0 atom stereocenters. The molecular formula is C24H23N3O4S. The molecule has 0 aliphatic heterocycles. The van der Waals surface area contributed by atoms with Crippen LogP contribution in [0, 0.1) is 27.7 Å². The van der Waals surface area contributed by atoms with E-state index < -0.39 is 15.9 Å². The van der Waals surface area contributed by atoms with Crippen molar-refractivity contribution in [2.75, 3.05) is 0 Å². The van der Waals surface area contributed by atoms with Crippen LogP contribution in [0.3, 0.4) is 0 Å². The summed E-state index contributed by atoms with van der Waals surface area (Å²) in [5.41, 5.74) is 4.99. The molecule has 0 aliphatic carbocycles. The number of rotatable bonds is 5. The Hall–Kier alpha value is -3.52. The standard InChI is InChI=1S/C24H23N3O4S/c1-14-11-12-19(22-21(14)16(3)15(2)17(4)26-22)23(28)20-13-25-27(5)24(20)31-32(29,30)18-9-7-6-8-10-18/h6-13H,1-5H3. The molecule has 4 aromatic rings. The minimum atomic E-state index is -4.14. The fraction of sp³-hybridized carbons (Fsp3) is 0.208. The van der Waals surface area contributed by atoms with Crippen LogP contribution >= 0.6 is 0 Å². The summed E-state index contributed by atoms with van der Waals surface area (Å²) in [6.07, 6.45) is 1.32. The number of nitrogens with zero attached hydrogens (tertiary/aromatic N) is 3. The average Bonchev–Trinajstić information content (AvgIpc) is 3.12. The molecular weight excluding hydrogens is 426 g/mol. The lowest BCUT2D eigenvalue weighted by atomic mass is 9.94. The lowest BCUT2D eigenvalue weighted by Crippen LogP contribution is -2.15. The zero-order chi connectivity index (χ0) is 23.2. The zero-order valence-corrected chi connectivity index (χ0v) is 19.3. The maximum absolute atomic E-state index is 13.6. The minimum absolute atomic E-state index is 0.0104. The molecule has 2 aromatic carbocycles. The number of pyridine rings is 1. The molecule has 8 heteroatoms. The summed E-state index contributed by atoms with van der Waals surface area (Å²) in [6, 6.07) is 11.3. The van der Waals surface area contributed by atoms with Crippen molar-refractivity contribution in [1.29, 1.82) is 0 Å². The van der Waals surface area contributed by atoms with Gasteiger partial charge >= 0.3 is 10.1 Å². The van der Waals surface area contributed by atoms with Gasteiger partial charge in [-0.2, -0.15) is 13.5 Å². The largest absolute Gasteiger partial charge is 0.358 e. The van der Waals surface area contributed by atoms with Crippen molar-refractivity contribution in [2.24, 2.45) is 7.05 Å². The molecule has 4 rings (SSSR count). The van der Waals surface area contributed by atoms with Crippen LogP contribution in [0.25, 0.3) is 10.9 Å². The third kappa shape index (κ3) is 3.56. The normalized spacial score (nSPS) is 11.7. The SMILES string of the molecule is Cc1nc2c(C(=O)c3cnn(C)c3OS(=O)(=O)c3ccccc3)ccc(C)c2c(C)c1C. The molecule has 0 bridgehead atoms. The summed E-state index contributed by atoms with van der Waals surface area (Å²) in [7, 11) is -2.62. The second-order valence-electron chi connectivity index (χ2n) is 7.77. The third-order valence-corrected chi connectivity index (χ3v) is 6.97. The maximum atomic E-state index is 13.6. The molecule has 0 saturated carbocycles. The van der Waals surface area contributed by atoms with E-state index in [1.54, 1.807) is 24.3 Å². The van der Waals surface area contributed by atoms with E-state index in [-0.39, 0.29) is 16.3 Å². The van der Waals surface area contributed by atoms with Crippen molar-refractivity contribution in [3.63, 3.8) is 0 Å². The Balaban J connectivity index is 1.85. The van der Waals surface area contributed by atoms with E-state index >= 15 is 0 Å². The summed E-state index contributed by atoms with van der Waals surface area (Å²) < 4.78 is 32.1. The number of carbonyl (C=O) groups excluding carboxylic acids is 1. The van der Waals surface area contributed by atoms with Crippen molar-refractivity contribution in [3.05, 3.63) is 82.2 Å². The topological polar surface area (TPSA) is 91.2 Å². The zero-order valence-electron chi connectivity index (χ0n) is 18.5. The highest BCUT2D eigenvalue weighted by molar-refractivity contribution is 7.87. The van der Waals surface area contributed by atoms with Gasteiger partial charge in [0.25, 0.3) is 0 Å². The van der Waals surface area contributed by atoms with Gasteiger partial charge in [0.2, 0.25) is 11.7 Å². The number of ketones is 1. The van der Waals surface area contributed by atoms with Gasteiger partial charge in [-0.25, -0.2) is 4.68 Å². The number of carbonyl (C=O) groups is 1. The van der Waals surface area contributed by atoms with Crippen LogP contribution in [0.1, 0.15) is 38.3 Å².